The van der Waals surface area contributed by atoms with Gasteiger partial charge < -0.3 is 5.73 Å². The van der Waals surface area contributed by atoms with E-state index in [9.17, 15) is 4.39 Å². The maximum absolute atomic E-state index is 13.2. The molecule has 0 radical (unpaired) electrons. The molecule has 0 heterocycles. The molecule has 1 aliphatic rings. The Hall–Kier alpha value is -0.930. The maximum atomic E-state index is 13.2. The Kier molecular flexibility index (Phi) is 3.47. The van der Waals surface area contributed by atoms with E-state index in [0.717, 1.165) is 12.1 Å². The predicted octanol–water partition coefficient (Wildman–Crippen LogP) is 2.78. The average molecular weight is 250 g/mol. The number of rotatable bonds is 5. The van der Waals surface area contributed by atoms with Crippen molar-refractivity contribution in [3.63, 3.8) is 0 Å². The highest BCUT2D eigenvalue weighted by molar-refractivity contribution is 5.18. The molecule has 0 bridgehead atoms. The minimum absolute atomic E-state index is 0.0146. The Labute approximate surface area is 109 Å². The molecule has 0 aromatic heterocycles. The van der Waals surface area contributed by atoms with Gasteiger partial charge in [-0.15, -0.1) is 0 Å². The van der Waals surface area contributed by atoms with Gasteiger partial charge in [-0.05, 0) is 49.9 Å². The van der Waals surface area contributed by atoms with Crippen molar-refractivity contribution >= 4 is 0 Å². The molecule has 2 N–H and O–H groups in total. The standard InChI is InChI=1S/C15H23FN2/c1-14(7-8-14)15(2,11-17)18(3)10-12-5-4-6-13(16)9-12/h4-6,9H,7-8,10-11,17H2,1-3H3. The van der Waals surface area contributed by atoms with Gasteiger partial charge in [0.15, 0.2) is 0 Å². The summed E-state index contributed by atoms with van der Waals surface area (Å²) in [6.45, 7) is 5.89. The number of nitrogens with zero attached hydrogens (tertiary/aromatic N) is 1. The molecule has 2 rings (SSSR count). The Morgan fingerprint density at radius 2 is 2.11 bits per heavy atom. The SMILES string of the molecule is CN(Cc1cccc(F)c1)C(C)(CN)C1(C)CC1. The molecule has 3 heteroatoms. The van der Waals surface area contributed by atoms with Crippen molar-refractivity contribution < 1.29 is 4.39 Å². The van der Waals surface area contributed by atoms with Gasteiger partial charge in [0.25, 0.3) is 0 Å². The Morgan fingerprint density at radius 3 is 2.61 bits per heavy atom. The highest BCUT2D eigenvalue weighted by Crippen LogP contribution is 2.55. The molecule has 0 amide bonds. The number of likely N-dealkylation sites (N-methyl/N-ethyl adjacent to an activating group) is 1. The van der Waals surface area contributed by atoms with Gasteiger partial charge in [0.05, 0.1) is 0 Å². The van der Waals surface area contributed by atoms with E-state index in [1.54, 1.807) is 12.1 Å². The van der Waals surface area contributed by atoms with Crippen LogP contribution in [0.25, 0.3) is 0 Å². The summed E-state index contributed by atoms with van der Waals surface area (Å²) in [5.41, 5.74) is 7.30. The molecule has 0 saturated heterocycles. The van der Waals surface area contributed by atoms with Crippen LogP contribution in [0.5, 0.6) is 0 Å². The van der Waals surface area contributed by atoms with Crippen LogP contribution in [0.15, 0.2) is 24.3 Å². The second-order valence-corrected chi connectivity index (χ2v) is 6.02. The fourth-order valence-electron chi connectivity index (χ4n) is 2.67. The summed E-state index contributed by atoms with van der Waals surface area (Å²) in [6, 6.07) is 6.80. The molecule has 1 atom stereocenters. The van der Waals surface area contributed by atoms with E-state index in [1.165, 1.54) is 18.9 Å². The van der Waals surface area contributed by atoms with Gasteiger partial charge in [0.2, 0.25) is 0 Å². The van der Waals surface area contributed by atoms with Gasteiger partial charge in [0.1, 0.15) is 5.82 Å². The van der Waals surface area contributed by atoms with E-state index in [-0.39, 0.29) is 11.4 Å². The van der Waals surface area contributed by atoms with E-state index in [2.05, 4.69) is 25.8 Å². The molecule has 0 aliphatic heterocycles. The number of benzene rings is 1. The zero-order valence-electron chi connectivity index (χ0n) is 11.5. The summed E-state index contributed by atoms with van der Waals surface area (Å²) in [5.74, 6) is -0.173. The van der Waals surface area contributed by atoms with Crippen molar-refractivity contribution in [2.75, 3.05) is 13.6 Å². The van der Waals surface area contributed by atoms with E-state index < -0.39 is 0 Å². The third-order valence-corrected chi connectivity index (χ3v) is 4.85. The van der Waals surface area contributed by atoms with E-state index >= 15 is 0 Å². The van der Waals surface area contributed by atoms with Crippen LogP contribution in [0.1, 0.15) is 32.3 Å². The summed E-state index contributed by atoms with van der Waals surface area (Å²) in [6.07, 6.45) is 2.46. The van der Waals surface area contributed by atoms with Gasteiger partial charge >= 0.3 is 0 Å². The number of hydrogen-bond acceptors (Lipinski definition) is 2. The molecular formula is C15H23FN2. The fraction of sp³-hybridized carbons (Fsp3) is 0.600. The second-order valence-electron chi connectivity index (χ2n) is 6.02. The summed E-state index contributed by atoms with van der Waals surface area (Å²) < 4.78 is 13.2. The highest BCUT2D eigenvalue weighted by atomic mass is 19.1. The van der Waals surface area contributed by atoms with Gasteiger partial charge in [-0.3, -0.25) is 4.90 Å². The van der Waals surface area contributed by atoms with Crippen molar-refractivity contribution in [1.29, 1.82) is 0 Å². The van der Waals surface area contributed by atoms with Crippen LogP contribution in [-0.2, 0) is 6.54 Å². The van der Waals surface area contributed by atoms with Crippen molar-refractivity contribution in [2.45, 2.75) is 38.8 Å². The van der Waals surface area contributed by atoms with Crippen LogP contribution in [0, 0.1) is 11.2 Å². The first-order valence-corrected chi connectivity index (χ1v) is 6.57. The lowest BCUT2D eigenvalue weighted by Crippen LogP contribution is -2.55. The van der Waals surface area contributed by atoms with Crippen LogP contribution in [0.4, 0.5) is 4.39 Å². The summed E-state index contributed by atoms with van der Waals surface area (Å²) >= 11 is 0. The lowest BCUT2D eigenvalue weighted by molar-refractivity contribution is 0.0659. The van der Waals surface area contributed by atoms with Crippen molar-refractivity contribution in [3.05, 3.63) is 35.6 Å². The molecule has 100 valence electrons. The molecule has 1 aromatic carbocycles. The first kappa shape index (κ1) is 13.5. The van der Waals surface area contributed by atoms with Crippen LogP contribution in [0.2, 0.25) is 0 Å². The topological polar surface area (TPSA) is 29.3 Å². The lowest BCUT2D eigenvalue weighted by Gasteiger charge is -2.43. The quantitative estimate of drug-likeness (QED) is 0.870. The number of nitrogens with two attached hydrogens (primary N) is 1. The van der Waals surface area contributed by atoms with Crippen LogP contribution >= 0.6 is 0 Å². The summed E-state index contributed by atoms with van der Waals surface area (Å²) in [7, 11) is 2.08. The van der Waals surface area contributed by atoms with Crippen molar-refractivity contribution in [1.82, 2.24) is 4.90 Å². The minimum atomic E-state index is -0.173. The Bertz CT molecular complexity index is 428. The van der Waals surface area contributed by atoms with Crippen LogP contribution in [-0.4, -0.2) is 24.0 Å². The van der Waals surface area contributed by atoms with E-state index in [1.807, 2.05) is 6.07 Å². The molecule has 1 aliphatic carbocycles. The molecule has 1 aromatic rings. The maximum Gasteiger partial charge on any atom is 0.123 e. The summed E-state index contributed by atoms with van der Waals surface area (Å²) in [5, 5.41) is 0. The normalized spacial score (nSPS) is 20.8. The average Bonchev–Trinajstić information content (AvgIpc) is 3.07. The predicted molar refractivity (Wildman–Crippen MR) is 72.7 cm³/mol. The van der Waals surface area contributed by atoms with Gasteiger partial charge in [-0.25, -0.2) is 4.39 Å². The molecular weight excluding hydrogens is 227 g/mol. The van der Waals surface area contributed by atoms with Gasteiger partial charge in [-0.1, -0.05) is 19.1 Å². The van der Waals surface area contributed by atoms with Crippen LogP contribution in [0.3, 0.4) is 0 Å². The highest BCUT2D eigenvalue weighted by Gasteiger charge is 2.54. The first-order chi connectivity index (χ1) is 8.41. The molecule has 18 heavy (non-hydrogen) atoms. The van der Waals surface area contributed by atoms with Crippen molar-refractivity contribution in [2.24, 2.45) is 11.1 Å². The molecule has 1 unspecified atom stereocenters. The largest absolute Gasteiger partial charge is 0.329 e. The monoisotopic (exact) mass is 250 g/mol. The smallest absolute Gasteiger partial charge is 0.123 e. The molecule has 1 saturated carbocycles. The fourth-order valence-corrected chi connectivity index (χ4v) is 2.67. The third-order valence-electron chi connectivity index (χ3n) is 4.85. The van der Waals surface area contributed by atoms with Crippen LogP contribution < -0.4 is 5.73 Å². The van der Waals surface area contributed by atoms with E-state index in [0.29, 0.717) is 12.0 Å². The minimum Gasteiger partial charge on any atom is -0.329 e. The summed E-state index contributed by atoms with van der Waals surface area (Å²) in [4.78, 5) is 2.27. The van der Waals surface area contributed by atoms with Gasteiger partial charge in [-0.2, -0.15) is 0 Å². The number of hydrogen-bond donors (Lipinski definition) is 1. The molecule has 1 fully saturated rings. The Balaban J connectivity index is 2.13. The Morgan fingerprint density at radius 1 is 1.44 bits per heavy atom. The number of halogens is 1. The zero-order valence-corrected chi connectivity index (χ0v) is 11.5. The third kappa shape index (κ3) is 2.29. The molecule has 2 nitrogen and oxygen atoms in total. The zero-order chi connectivity index (χ0) is 13.4. The molecule has 0 spiro atoms. The lowest BCUT2D eigenvalue weighted by atomic mass is 9.82. The van der Waals surface area contributed by atoms with E-state index in [4.69, 9.17) is 5.73 Å². The van der Waals surface area contributed by atoms with Crippen molar-refractivity contribution in [3.8, 4) is 0 Å². The van der Waals surface area contributed by atoms with Gasteiger partial charge in [0, 0.05) is 18.6 Å². The second kappa shape index (κ2) is 4.63. The first-order valence-electron chi connectivity index (χ1n) is 6.57.